The van der Waals surface area contributed by atoms with Crippen LogP contribution in [0.25, 0.3) is 0 Å². The number of nitrogen functional groups attached to an aromatic ring is 1. The van der Waals surface area contributed by atoms with Crippen LogP contribution in [0.2, 0.25) is 0 Å². The molecule has 0 fully saturated rings. The van der Waals surface area contributed by atoms with Crippen LogP contribution in [0.4, 0.5) is 27.8 Å². The highest BCUT2D eigenvalue weighted by Crippen LogP contribution is 2.42. The van der Waals surface area contributed by atoms with E-state index in [0.29, 0.717) is 0 Å². The Morgan fingerprint density at radius 3 is 2.14 bits per heavy atom. The average molecular weight is 213 g/mol. The van der Waals surface area contributed by atoms with Crippen LogP contribution in [-0.4, -0.2) is 16.1 Å². The number of hydrogen-bond donors (Lipinski definition) is 1. The highest BCUT2D eigenvalue weighted by Gasteiger charge is 2.61. The predicted molar refractivity (Wildman–Crippen MR) is 36.4 cm³/mol. The third-order valence-corrected chi connectivity index (χ3v) is 1.31. The smallest absolute Gasteiger partial charge is 0.384 e. The van der Waals surface area contributed by atoms with Gasteiger partial charge in [-0.3, -0.25) is 0 Å². The van der Waals surface area contributed by atoms with Crippen molar-refractivity contribution in [3.05, 3.63) is 18.1 Å². The lowest BCUT2D eigenvalue weighted by atomic mass is 10.3. The van der Waals surface area contributed by atoms with E-state index in [1.54, 1.807) is 0 Å². The van der Waals surface area contributed by atoms with Crippen LogP contribution < -0.4 is 5.73 Å². The van der Waals surface area contributed by atoms with Gasteiger partial charge in [-0.2, -0.15) is 22.0 Å². The van der Waals surface area contributed by atoms with Gasteiger partial charge in [-0.15, -0.1) is 0 Å². The first kappa shape index (κ1) is 10.6. The van der Waals surface area contributed by atoms with Crippen molar-refractivity contribution in [3.63, 3.8) is 0 Å². The van der Waals surface area contributed by atoms with Crippen LogP contribution >= 0.6 is 0 Å². The van der Waals surface area contributed by atoms with Crippen LogP contribution in [0, 0.1) is 0 Å². The van der Waals surface area contributed by atoms with E-state index >= 15 is 0 Å². The Morgan fingerprint density at radius 1 is 1.14 bits per heavy atom. The van der Waals surface area contributed by atoms with Gasteiger partial charge in [0.1, 0.15) is 5.82 Å². The molecular formula is C6H4F5N3. The SMILES string of the molecule is Nc1ccnc(C(F)(F)C(F)(F)F)n1. The van der Waals surface area contributed by atoms with E-state index in [1.807, 2.05) is 0 Å². The molecule has 0 unspecified atom stereocenters. The summed E-state index contributed by atoms with van der Waals surface area (Å²) in [6.07, 6.45) is -4.99. The first-order valence-corrected chi connectivity index (χ1v) is 3.28. The Morgan fingerprint density at radius 2 is 1.71 bits per heavy atom. The molecule has 0 aromatic carbocycles. The minimum atomic E-state index is -5.72. The van der Waals surface area contributed by atoms with Crippen LogP contribution in [-0.2, 0) is 5.92 Å². The molecule has 1 aromatic heterocycles. The van der Waals surface area contributed by atoms with Crippen molar-refractivity contribution >= 4 is 5.82 Å². The fourth-order valence-corrected chi connectivity index (χ4v) is 0.651. The quantitative estimate of drug-likeness (QED) is 0.722. The molecule has 0 amide bonds. The molecule has 2 N–H and O–H groups in total. The van der Waals surface area contributed by atoms with Crippen molar-refractivity contribution in [1.82, 2.24) is 9.97 Å². The van der Waals surface area contributed by atoms with Gasteiger partial charge >= 0.3 is 12.1 Å². The van der Waals surface area contributed by atoms with Gasteiger partial charge in [-0.05, 0) is 6.07 Å². The zero-order valence-electron chi connectivity index (χ0n) is 6.52. The van der Waals surface area contributed by atoms with Crippen molar-refractivity contribution in [3.8, 4) is 0 Å². The van der Waals surface area contributed by atoms with E-state index in [4.69, 9.17) is 5.73 Å². The molecule has 14 heavy (non-hydrogen) atoms. The molecular weight excluding hydrogens is 209 g/mol. The summed E-state index contributed by atoms with van der Waals surface area (Å²) < 4.78 is 60.4. The first-order valence-electron chi connectivity index (χ1n) is 3.28. The maximum atomic E-state index is 12.5. The number of rotatable bonds is 1. The topological polar surface area (TPSA) is 51.8 Å². The summed E-state index contributed by atoms with van der Waals surface area (Å²) >= 11 is 0. The summed E-state index contributed by atoms with van der Waals surface area (Å²) in [5, 5.41) is 0. The molecule has 78 valence electrons. The molecule has 0 spiro atoms. The average Bonchev–Trinajstić information content (AvgIpc) is 2.02. The van der Waals surface area contributed by atoms with Crippen molar-refractivity contribution in [1.29, 1.82) is 0 Å². The van der Waals surface area contributed by atoms with E-state index in [2.05, 4.69) is 9.97 Å². The lowest BCUT2D eigenvalue weighted by Crippen LogP contribution is -2.35. The van der Waals surface area contributed by atoms with E-state index in [1.165, 1.54) is 0 Å². The Hall–Kier alpha value is -1.47. The normalized spacial score (nSPS) is 12.9. The molecule has 0 saturated heterocycles. The van der Waals surface area contributed by atoms with Crippen molar-refractivity contribution < 1.29 is 22.0 Å². The second-order valence-corrected chi connectivity index (χ2v) is 2.38. The molecule has 0 aliphatic carbocycles. The summed E-state index contributed by atoms with van der Waals surface area (Å²) in [5.41, 5.74) is 4.95. The highest BCUT2D eigenvalue weighted by molar-refractivity contribution is 5.26. The van der Waals surface area contributed by atoms with E-state index in [9.17, 15) is 22.0 Å². The van der Waals surface area contributed by atoms with Crippen LogP contribution in [0.3, 0.4) is 0 Å². The zero-order valence-corrected chi connectivity index (χ0v) is 6.52. The van der Waals surface area contributed by atoms with Crippen LogP contribution in [0.1, 0.15) is 5.82 Å². The van der Waals surface area contributed by atoms with Crippen molar-refractivity contribution in [2.45, 2.75) is 12.1 Å². The molecule has 0 saturated carbocycles. The van der Waals surface area contributed by atoms with Crippen LogP contribution in [0.5, 0.6) is 0 Å². The van der Waals surface area contributed by atoms with E-state index in [0.717, 1.165) is 12.3 Å². The number of alkyl halides is 5. The molecule has 1 aromatic rings. The summed E-state index contributed by atoms with van der Waals surface area (Å²) in [7, 11) is 0. The maximum Gasteiger partial charge on any atom is 0.461 e. The minimum Gasteiger partial charge on any atom is -0.384 e. The maximum absolute atomic E-state index is 12.5. The van der Waals surface area contributed by atoms with Gasteiger partial charge < -0.3 is 5.73 Å². The number of aromatic nitrogens is 2. The fraction of sp³-hybridized carbons (Fsp3) is 0.333. The van der Waals surface area contributed by atoms with Crippen molar-refractivity contribution in [2.24, 2.45) is 0 Å². The molecule has 3 nitrogen and oxygen atoms in total. The second kappa shape index (κ2) is 3.03. The molecule has 1 heterocycles. The number of halogens is 5. The Bertz CT molecular complexity index is 334. The minimum absolute atomic E-state index is 0.445. The molecule has 1 rings (SSSR count). The monoisotopic (exact) mass is 213 g/mol. The van der Waals surface area contributed by atoms with Crippen LogP contribution in [0.15, 0.2) is 12.3 Å². The van der Waals surface area contributed by atoms with Gasteiger partial charge in [0.2, 0.25) is 5.82 Å². The molecule has 0 aliphatic rings. The van der Waals surface area contributed by atoms with Gasteiger partial charge in [0.15, 0.2) is 0 Å². The van der Waals surface area contributed by atoms with Gasteiger partial charge in [-0.25, -0.2) is 9.97 Å². The Kier molecular flexibility index (Phi) is 2.30. The lowest BCUT2D eigenvalue weighted by Gasteiger charge is -2.17. The van der Waals surface area contributed by atoms with Gasteiger partial charge in [0.25, 0.3) is 0 Å². The summed E-state index contributed by atoms with van der Waals surface area (Å²) in [5.74, 6) is -7.17. The lowest BCUT2D eigenvalue weighted by molar-refractivity contribution is -0.292. The Labute approximate surface area is 74.8 Å². The first-order chi connectivity index (χ1) is 6.25. The molecule has 0 bridgehead atoms. The predicted octanol–water partition coefficient (Wildman–Crippen LogP) is 1.71. The van der Waals surface area contributed by atoms with E-state index in [-0.39, 0.29) is 0 Å². The number of nitrogens with two attached hydrogens (primary N) is 1. The number of anilines is 1. The molecule has 0 aliphatic heterocycles. The fourth-order valence-electron chi connectivity index (χ4n) is 0.651. The third kappa shape index (κ3) is 1.73. The second-order valence-electron chi connectivity index (χ2n) is 2.38. The number of nitrogens with zero attached hydrogens (tertiary/aromatic N) is 2. The third-order valence-electron chi connectivity index (χ3n) is 1.31. The number of hydrogen-bond acceptors (Lipinski definition) is 3. The molecule has 0 radical (unpaired) electrons. The molecule has 8 heteroatoms. The zero-order chi connectivity index (χ0) is 11.0. The van der Waals surface area contributed by atoms with Gasteiger partial charge in [0, 0.05) is 6.20 Å². The van der Waals surface area contributed by atoms with E-state index < -0.39 is 23.7 Å². The Balaban J connectivity index is 3.16. The van der Waals surface area contributed by atoms with Crippen molar-refractivity contribution in [2.75, 3.05) is 5.73 Å². The highest BCUT2D eigenvalue weighted by atomic mass is 19.4. The van der Waals surface area contributed by atoms with Gasteiger partial charge in [0.05, 0.1) is 0 Å². The standard InChI is InChI=1S/C6H4F5N3/c7-5(8,6(9,10)11)4-13-2-1-3(12)14-4/h1-2H,(H2,12,13,14). The summed E-state index contributed by atoms with van der Waals surface area (Å²) in [6.45, 7) is 0. The largest absolute Gasteiger partial charge is 0.461 e. The summed E-state index contributed by atoms with van der Waals surface area (Å²) in [6, 6.07) is 1.01. The van der Waals surface area contributed by atoms with Gasteiger partial charge in [-0.1, -0.05) is 0 Å². The summed E-state index contributed by atoms with van der Waals surface area (Å²) in [4.78, 5) is 5.62. The molecule has 0 atom stereocenters.